The van der Waals surface area contributed by atoms with Crippen molar-refractivity contribution in [1.29, 1.82) is 0 Å². The molecule has 0 aliphatic rings. The minimum atomic E-state index is 1.02. The van der Waals surface area contributed by atoms with Crippen molar-refractivity contribution in [2.75, 3.05) is 0 Å². The first-order valence-electron chi connectivity index (χ1n) is 6.04. The number of allylic oxidation sites excluding steroid dienone is 1. The summed E-state index contributed by atoms with van der Waals surface area (Å²) in [5.41, 5.74) is 5.14. The summed E-state index contributed by atoms with van der Waals surface area (Å²) < 4.78 is 0. The van der Waals surface area contributed by atoms with E-state index in [1.165, 1.54) is 22.2 Å². The van der Waals surface area contributed by atoms with Crippen molar-refractivity contribution >= 4 is 18.9 Å². The summed E-state index contributed by atoms with van der Waals surface area (Å²) >= 11 is 0. The van der Waals surface area contributed by atoms with Crippen LogP contribution in [0.25, 0.3) is 5.57 Å². The highest BCUT2D eigenvalue weighted by Crippen LogP contribution is 2.17. The Kier molecular flexibility index (Phi) is 3.82. The summed E-state index contributed by atoms with van der Waals surface area (Å²) in [5, 5.41) is 0. The molecule has 0 bridgehead atoms. The van der Waals surface area contributed by atoms with Gasteiger partial charge in [0, 0.05) is 0 Å². The Morgan fingerprint density at radius 3 is 2.24 bits per heavy atom. The molecule has 0 atom stereocenters. The number of hydrogen-bond acceptors (Lipinski definition) is 0. The summed E-state index contributed by atoms with van der Waals surface area (Å²) in [6.07, 6.45) is 2.08. The van der Waals surface area contributed by atoms with Crippen LogP contribution in [0.4, 0.5) is 0 Å². The van der Waals surface area contributed by atoms with Crippen molar-refractivity contribution in [3.8, 4) is 0 Å². The maximum atomic E-state index is 4.17. The third kappa shape index (κ3) is 3.35. The average Bonchev–Trinajstić information content (AvgIpc) is 2.38. The fourth-order valence-corrected chi connectivity index (χ4v) is 1.87. The van der Waals surface area contributed by atoms with Gasteiger partial charge in [-0.2, -0.15) is 0 Å². The van der Waals surface area contributed by atoms with Crippen molar-refractivity contribution in [1.82, 2.24) is 0 Å². The molecule has 0 amide bonds. The quantitative estimate of drug-likeness (QED) is 0.694. The van der Waals surface area contributed by atoms with Crippen LogP contribution in [-0.2, 0) is 6.42 Å². The molecule has 2 rings (SSSR count). The number of rotatable bonds is 4. The smallest absolute Gasteiger partial charge is 0.0952 e. The van der Waals surface area contributed by atoms with Crippen LogP contribution in [-0.4, -0.2) is 7.85 Å². The Hall–Kier alpha value is -1.76. The lowest BCUT2D eigenvalue weighted by molar-refractivity contribution is 1.02. The van der Waals surface area contributed by atoms with E-state index in [4.69, 9.17) is 0 Å². The van der Waals surface area contributed by atoms with Crippen molar-refractivity contribution in [2.45, 2.75) is 12.8 Å². The fourth-order valence-electron chi connectivity index (χ4n) is 1.87. The lowest BCUT2D eigenvalue weighted by Gasteiger charge is -2.06. The predicted octanol–water partition coefficient (Wildman–Crippen LogP) is 2.59. The lowest BCUT2D eigenvalue weighted by atomic mass is 9.92. The minimum Gasteiger partial charge on any atom is -0.0952 e. The second kappa shape index (κ2) is 5.54. The molecule has 0 fully saturated rings. The maximum Gasteiger partial charge on any atom is 0.139 e. The standard InChI is InChI=1S/C16H17B/c1-13(15-9-11-16(17)12-10-15)7-8-14-5-3-2-4-6-14/h2-6,9-12H,1,7-8,17H2. The van der Waals surface area contributed by atoms with E-state index in [1.807, 2.05) is 0 Å². The molecule has 0 radical (unpaired) electrons. The molecule has 0 nitrogen and oxygen atoms in total. The van der Waals surface area contributed by atoms with E-state index in [0.717, 1.165) is 12.8 Å². The largest absolute Gasteiger partial charge is 0.139 e. The van der Waals surface area contributed by atoms with Gasteiger partial charge in [-0.15, -0.1) is 0 Å². The average molecular weight is 220 g/mol. The van der Waals surface area contributed by atoms with Gasteiger partial charge in [-0.05, 0) is 29.5 Å². The second-order valence-corrected chi connectivity index (χ2v) is 4.46. The Labute approximate surface area is 104 Å². The molecule has 0 saturated carbocycles. The zero-order valence-corrected chi connectivity index (χ0v) is 10.3. The molecule has 0 unspecified atom stereocenters. The molecule has 0 saturated heterocycles. The highest BCUT2D eigenvalue weighted by atomic mass is 14.0. The van der Waals surface area contributed by atoms with E-state index < -0.39 is 0 Å². The van der Waals surface area contributed by atoms with E-state index in [2.05, 4.69) is 69.0 Å². The highest BCUT2D eigenvalue weighted by molar-refractivity contribution is 6.32. The second-order valence-electron chi connectivity index (χ2n) is 4.46. The monoisotopic (exact) mass is 220 g/mol. The lowest BCUT2D eigenvalue weighted by Crippen LogP contribution is -2.00. The highest BCUT2D eigenvalue weighted by Gasteiger charge is 1.99. The van der Waals surface area contributed by atoms with Gasteiger partial charge >= 0.3 is 0 Å². The number of benzene rings is 2. The van der Waals surface area contributed by atoms with Crippen LogP contribution in [0.5, 0.6) is 0 Å². The Morgan fingerprint density at radius 2 is 1.59 bits per heavy atom. The summed E-state index contributed by atoms with van der Waals surface area (Å²) in [4.78, 5) is 0. The van der Waals surface area contributed by atoms with Crippen LogP contribution in [0.2, 0.25) is 0 Å². The van der Waals surface area contributed by atoms with E-state index in [9.17, 15) is 0 Å². The van der Waals surface area contributed by atoms with Gasteiger partial charge in [-0.3, -0.25) is 0 Å². The first kappa shape index (κ1) is 11.7. The predicted molar refractivity (Wildman–Crippen MR) is 78.4 cm³/mol. The summed E-state index contributed by atoms with van der Waals surface area (Å²) in [6.45, 7) is 4.17. The van der Waals surface area contributed by atoms with Gasteiger partial charge in [-0.25, -0.2) is 0 Å². The third-order valence-corrected chi connectivity index (χ3v) is 3.02. The van der Waals surface area contributed by atoms with Crippen LogP contribution in [0, 0.1) is 0 Å². The van der Waals surface area contributed by atoms with Gasteiger partial charge < -0.3 is 0 Å². The summed E-state index contributed by atoms with van der Waals surface area (Å²) in [7, 11) is 2.11. The molecule has 2 aromatic carbocycles. The maximum absolute atomic E-state index is 4.17. The van der Waals surface area contributed by atoms with Crippen molar-refractivity contribution in [3.63, 3.8) is 0 Å². The van der Waals surface area contributed by atoms with Gasteiger partial charge in [0.25, 0.3) is 0 Å². The van der Waals surface area contributed by atoms with Gasteiger partial charge in [-0.1, -0.05) is 66.6 Å². The molecule has 0 aliphatic carbocycles. The summed E-state index contributed by atoms with van der Waals surface area (Å²) in [6, 6.07) is 19.2. The number of aryl methyl sites for hydroxylation is 1. The Bertz CT molecular complexity index is 483. The normalized spacial score (nSPS) is 10.1. The topological polar surface area (TPSA) is 0 Å². The molecule has 84 valence electrons. The molecular weight excluding hydrogens is 203 g/mol. The Balaban J connectivity index is 1.96. The molecule has 0 aliphatic heterocycles. The fraction of sp³-hybridized carbons (Fsp3) is 0.125. The van der Waals surface area contributed by atoms with Crippen LogP contribution in [0.15, 0.2) is 61.2 Å². The third-order valence-electron chi connectivity index (χ3n) is 3.02. The SMILES string of the molecule is Bc1ccc(C(=C)CCc2ccccc2)cc1. The molecule has 0 spiro atoms. The molecule has 2 aromatic rings. The molecule has 0 heterocycles. The zero-order chi connectivity index (χ0) is 12.1. The van der Waals surface area contributed by atoms with E-state index in [0.29, 0.717) is 0 Å². The minimum absolute atomic E-state index is 1.02. The molecule has 1 heteroatoms. The molecule has 0 N–H and O–H groups in total. The number of hydrogen-bond donors (Lipinski definition) is 0. The van der Waals surface area contributed by atoms with Gasteiger partial charge in [0.1, 0.15) is 7.85 Å². The van der Waals surface area contributed by atoms with Crippen LogP contribution < -0.4 is 5.46 Å². The van der Waals surface area contributed by atoms with Gasteiger partial charge in [0.15, 0.2) is 0 Å². The van der Waals surface area contributed by atoms with Crippen LogP contribution in [0.1, 0.15) is 17.5 Å². The van der Waals surface area contributed by atoms with Crippen molar-refractivity contribution < 1.29 is 0 Å². The van der Waals surface area contributed by atoms with E-state index >= 15 is 0 Å². The summed E-state index contributed by atoms with van der Waals surface area (Å²) in [5.74, 6) is 0. The molecule has 17 heavy (non-hydrogen) atoms. The van der Waals surface area contributed by atoms with Crippen LogP contribution in [0.3, 0.4) is 0 Å². The van der Waals surface area contributed by atoms with E-state index in [1.54, 1.807) is 0 Å². The molecule has 0 aromatic heterocycles. The van der Waals surface area contributed by atoms with E-state index in [-0.39, 0.29) is 0 Å². The Morgan fingerprint density at radius 1 is 0.941 bits per heavy atom. The van der Waals surface area contributed by atoms with Crippen molar-refractivity contribution in [2.24, 2.45) is 0 Å². The first-order chi connectivity index (χ1) is 8.25. The molecular formula is C16H17B. The first-order valence-corrected chi connectivity index (χ1v) is 6.04. The van der Waals surface area contributed by atoms with Crippen molar-refractivity contribution in [3.05, 3.63) is 72.3 Å². The van der Waals surface area contributed by atoms with Gasteiger partial charge in [0.05, 0.1) is 0 Å². The zero-order valence-electron chi connectivity index (χ0n) is 10.3. The van der Waals surface area contributed by atoms with Gasteiger partial charge in [0.2, 0.25) is 0 Å². The van der Waals surface area contributed by atoms with Crippen LogP contribution >= 0.6 is 0 Å².